The van der Waals surface area contributed by atoms with Crippen molar-refractivity contribution in [1.82, 2.24) is 5.16 Å². The van der Waals surface area contributed by atoms with E-state index in [9.17, 15) is 14.4 Å². The van der Waals surface area contributed by atoms with Gasteiger partial charge in [-0.15, -0.1) is 11.3 Å². The first-order valence-corrected chi connectivity index (χ1v) is 10.3. The minimum atomic E-state index is -0.778. The van der Waals surface area contributed by atoms with Crippen LogP contribution in [-0.2, 0) is 27.1 Å². The molecule has 0 bridgehead atoms. The summed E-state index contributed by atoms with van der Waals surface area (Å²) < 4.78 is 15.2. The Labute approximate surface area is 172 Å². The van der Waals surface area contributed by atoms with Crippen LogP contribution in [0.3, 0.4) is 0 Å². The molecule has 8 nitrogen and oxygen atoms in total. The number of esters is 2. The van der Waals surface area contributed by atoms with E-state index in [0.29, 0.717) is 22.2 Å². The van der Waals surface area contributed by atoms with Gasteiger partial charge in [-0.3, -0.25) is 4.79 Å². The van der Waals surface area contributed by atoms with Gasteiger partial charge in [-0.05, 0) is 51.5 Å². The summed E-state index contributed by atoms with van der Waals surface area (Å²) in [6.07, 6.45) is 2.34. The summed E-state index contributed by atoms with van der Waals surface area (Å²) in [6.45, 7) is 6.89. The average Bonchev–Trinajstić information content (AvgIpc) is 3.21. The van der Waals surface area contributed by atoms with Crippen LogP contribution in [0.25, 0.3) is 0 Å². The van der Waals surface area contributed by atoms with Gasteiger partial charge >= 0.3 is 11.9 Å². The van der Waals surface area contributed by atoms with Gasteiger partial charge in [0, 0.05) is 10.9 Å². The zero-order valence-corrected chi connectivity index (χ0v) is 17.7. The van der Waals surface area contributed by atoms with Crippen LogP contribution in [0.4, 0.5) is 5.00 Å². The highest BCUT2D eigenvalue weighted by atomic mass is 32.1. The van der Waals surface area contributed by atoms with E-state index in [4.69, 9.17) is 14.0 Å². The predicted octanol–water partition coefficient (Wildman–Crippen LogP) is 3.53. The molecule has 2 heterocycles. The maximum Gasteiger partial charge on any atom is 0.377 e. The standard InChI is InChI=1S/C20H24N2O6S/c1-10(2)27-20(25)17-13-6-5-11(3)7-15(13)29-18(17)21-16(23)9-26-19(24)14-8-12(4)22-28-14/h8,10-11H,5-7,9H2,1-4H3,(H,21,23). The Morgan fingerprint density at radius 3 is 2.76 bits per heavy atom. The number of hydrogen-bond donors (Lipinski definition) is 1. The molecule has 0 aromatic carbocycles. The Kier molecular flexibility index (Phi) is 6.36. The molecule has 1 atom stereocenters. The number of amides is 1. The van der Waals surface area contributed by atoms with Crippen LogP contribution in [0.15, 0.2) is 10.6 Å². The van der Waals surface area contributed by atoms with E-state index in [1.807, 2.05) is 0 Å². The van der Waals surface area contributed by atoms with Crippen LogP contribution in [0.2, 0.25) is 0 Å². The fourth-order valence-electron chi connectivity index (χ4n) is 3.15. The third kappa shape index (κ3) is 5.03. The number of fused-ring (bicyclic) bond motifs is 1. The van der Waals surface area contributed by atoms with Gasteiger partial charge in [-0.25, -0.2) is 9.59 Å². The number of nitrogens with one attached hydrogen (secondary N) is 1. The number of anilines is 1. The van der Waals surface area contributed by atoms with Crippen molar-refractivity contribution in [3.8, 4) is 0 Å². The van der Waals surface area contributed by atoms with Crippen LogP contribution < -0.4 is 5.32 Å². The van der Waals surface area contributed by atoms with E-state index >= 15 is 0 Å². The van der Waals surface area contributed by atoms with Gasteiger partial charge in [0.25, 0.3) is 5.91 Å². The topological polar surface area (TPSA) is 108 Å². The van der Waals surface area contributed by atoms with Gasteiger partial charge in [-0.1, -0.05) is 12.1 Å². The van der Waals surface area contributed by atoms with E-state index in [2.05, 4.69) is 17.4 Å². The Morgan fingerprint density at radius 2 is 2.10 bits per heavy atom. The third-order valence-corrected chi connectivity index (χ3v) is 5.64. The van der Waals surface area contributed by atoms with Gasteiger partial charge in [0.05, 0.1) is 17.4 Å². The highest BCUT2D eigenvalue weighted by Crippen LogP contribution is 2.40. The molecule has 9 heteroatoms. The fraction of sp³-hybridized carbons (Fsp3) is 0.500. The van der Waals surface area contributed by atoms with Gasteiger partial charge in [-0.2, -0.15) is 0 Å². The lowest BCUT2D eigenvalue weighted by Gasteiger charge is -2.18. The summed E-state index contributed by atoms with van der Waals surface area (Å²) in [6, 6.07) is 1.43. The smallest absolute Gasteiger partial charge is 0.377 e. The molecule has 0 spiro atoms. The number of aromatic nitrogens is 1. The summed E-state index contributed by atoms with van der Waals surface area (Å²) in [5, 5.41) is 6.74. The number of ether oxygens (including phenoxy) is 2. The van der Waals surface area contributed by atoms with Crippen molar-refractivity contribution >= 4 is 34.2 Å². The van der Waals surface area contributed by atoms with E-state index in [0.717, 1.165) is 29.7 Å². The summed E-state index contributed by atoms with van der Waals surface area (Å²) in [7, 11) is 0. The molecule has 0 saturated carbocycles. The highest BCUT2D eigenvalue weighted by molar-refractivity contribution is 7.17. The quantitative estimate of drug-likeness (QED) is 0.712. The van der Waals surface area contributed by atoms with Gasteiger partial charge in [0.15, 0.2) is 6.61 Å². The Balaban J connectivity index is 1.72. The van der Waals surface area contributed by atoms with Crippen LogP contribution >= 0.6 is 11.3 Å². The molecular weight excluding hydrogens is 396 g/mol. The maximum atomic E-state index is 12.7. The monoisotopic (exact) mass is 420 g/mol. The van der Waals surface area contributed by atoms with E-state index in [-0.39, 0.29) is 11.9 Å². The summed E-state index contributed by atoms with van der Waals surface area (Å²) >= 11 is 1.38. The number of nitrogens with zero attached hydrogens (tertiary/aromatic N) is 1. The fourth-order valence-corrected chi connectivity index (χ4v) is 4.57. The molecule has 1 aliphatic carbocycles. The summed E-state index contributed by atoms with van der Waals surface area (Å²) in [4.78, 5) is 38.0. The minimum Gasteiger partial charge on any atom is -0.459 e. The third-order valence-electron chi connectivity index (χ3n) is 4.48. The molecule has 1 unspecified atom stereocenters. The molecule has 2 aromatic rings. The first-order valence-electron chi connectivity index (χ1n) is 9.50. The average molecular weight is 420 g/mol. The summed E-state index contributed by atoms with van der Waals surface area (Å²) in [5.74, 6) is -1.32. The molecule has 2 aromatic heterocycles. The molecule has 1 aliphatic rings. The van der Waals surface area contributed by atoms with Crippen LogP contribution in [0.1, 0.15) is 64.2 Å². The SMILES string of the molecule is Cc1cc(C(=O)OCC(=O)Nc2sc3c(c2C(=O)OC(C)C)CCC(C)C3)on1. The number of carbonyl (C=O) groups excluding carboxylic acids is 3. The van der Waals surface area contributed by atoms with Gasteiger partial charge in [0.1, 0.15) is 5.00 Å². The molecule has 1 amide bonds. The second kappa shape index (κ2) is 8.77. The second-order valence-electron chi connectivity index (χ2n) is 7.47. The Morgan fingerprint density at radius 1 is 1.34 bits per heavy atom. The van der Waals surface area contributed by atoms with Crippen molar-refractivity contribution in [2.45, 2.75) is 53.1 Å². The molecule has 0 aliphatic heterocycles. The number of rotatable bonds is 6. The number of aryl methyl sites for hydroxylation is 1. The number of hydrogen-bond acceptors (Lipinski definition) is 8. The second-order valence-corrected chi connectivity index (χ2v) is 8.57. The molecule has 0 radical (unpaired) electrons. The van der Waals surface area contributed by atoms with E-state index < -0.39 is 24.5 Å². The molecule has 156 valence electrons. The number of carbonyl (C=O) groups is 3. The Bertz CT molecular complexity index is 930. The van der Waals surface area contributed by atoms with Crippen molar-refractivity contribution in [1.29, 1.82) is 0 Å². The lowest BCUT2D eigenvalue weighted by atomic mass is 9.88. The van der Waals surface area contributed by atoms with Crippen molar-refractivity contribution in [3.05, 3.63) is 33.5 Å². The zero-order chi connectivity index (χ0) is 21.1. The largest absolute Gasteiger partial charge is 0.459 e. The molecule has 3 rings (SSSR count). The molecule has 29 heavy (non-hydrogen) atoms. The zero-order valence-electron chi connectivity index (χ0n) is 16.9. The van der Waals surface area contributed by atoms with E-state index in [1.54, 1.807) is 20.8 Å². The minimum absolute atomic E-state index is 0.0722. The highest BCUT2D eigenvalue weighted by Gasteiger charge is 2.29. The molecule has 1 N–H and O–H groups in total. The lowest BCUT2D eigenvalue weighted by molar-refractivity contribution is -0.119. The number of thiophene rings is 1. The first kappa shape index (κ1) is 21.0. The maximum absolute atomic E-state index is 12.7. The van der Waals surface area contributed by atoms with Gasteiger partial charge in [0.2, 0.25) is 5.76 Å². The summed E-state index contributed by atoms with van der Waals surface area (Å²) in [5.41, 5.74) is 1.90. The van der Waals surface area contributed by atoms with Crippen LogP contribution in [0.5, 0.6) is 0 Å². The predicted molar refractivity (Wildman–Crippen MR) is 106 cm³/mol. The normalized spacial score (nSPS) is 15.7. The molecular formula is C20H24N2O6S. The van der Waals surface area contributed by atoms with Crippen molar-refractivity contribution in [3.63, 3.8) is 0 Å². The molecule has 0 fully saturated rings. The molecule has 0 saturated heterocycles. The first-order chi connectivity index (χ1) is 13.7. The van der Waals surface area contributed by atoms with E-state index in [1.165, 1.54) is 17.4 Å². The van der Waals surface area contributed by atoms with Crippen molar-refractivity contribution < 1.29 is 28.4 Å². The van der Waals surface area contributed by atoms with Crippen LogP contribution in [-0.4, -0.2) is 35.7 Å². The van der Waals surface area contributed by atoms with Gasteiger partial charge < -0.3 is 19.3 Å². The lowest BCUT2D eigenvalue weighted by Crippen LogP contribution is -2.22. The van der Waals surface area contributed by atoms with Crippen molar-refractivity contribution in [2.75, 3.05) is 11.9 Å². The van der Waals surface area contributed by atoms with Crippen LogP contribution in [0, 0.1) is 12.8 Å². The Hall–Kier alpha value is -2.68. The van der Waals surface area contributed by atoms with Crippen molar-refractivity contribution in [2.24, 2.45) is 5.92 Å².